The SMILES string of the molecule is C#Cc1c(F)ccc2cc(O)cc(-c3c(F)c4nc(OC[C@]5(CN6CCC(=C(F)F)CC6)CC5(F)F)nc(N5[C@@H]6CC[C@H]5CN(CCCOC)C6)c4c4cn(C)nc34)c12. The van der Waals surface area contributed by atoms with Crippen molar-refractivity contribution in [2.24, 2.45) is 12.5 Å². The number of terminal acetylenes is 1. The first-order chi connectivity index (χ1) is 28.3. The summed E-state index contributed by atoms with van der Waals surface area (Å²) in [6.45, 7) is 2.74. The van der Waals surface area contributed by atoms with Crippen LogP contribution in [0.25, 0.3) is 43.7 Å². The first-order valence-corrected chi connectivity index (χ1v) is 19.9. The number of aromatic nitrogens is 4. The fraction of sp³-hybridized carbons (Fsp3) is 0.465. The molecule has 1 saturated carbocycles. The van der Waals surface area contributed by atoms with E-state index in [1.165, 1.54) is 28.9 Å². The number of nitrogens with zero attached hydrogens (tertiary/aromatic N) is 7. The lowest BCUT2D eigenvalue weighted by atomic mass is 9.91. The summed E-state index contributed by atoms with van der Waals surface area (Å²) in [6, 6.07) is 5.02. The Kier molecular flexibility index (Phi) is 9.91. The van der Waals surface area contributed by atoms with Gasteiger partial charge in [-0.05, 0) is 66.8 Å². The van der Waals surface area contributed by atoms with Crippen molar-refractivity contribution in [3.63, 3.8) is 0 Å². The molecule has 5 heterocycles. The molecule has 3 atom stereocenters. The minimum Gasteiger partial charge on any atom is -0.508 e. The van der Waals surface area contributed by atoms with Crippen molar-refractivity contribution in [2.75, 3.05) is 64.5 Å². The summed E-state index contributed by atoms with van der Waals surface area (Å²) < 4.78 is 103. The highest BCUT2D eigenvalue weighted by molar-refractivity contribution is 6.18. The van der Waals surface area contributed by atoms with Gasteiger partial charge in [-0.1, -0.05) is 12.0 Å². The summed E-state index contributed by atoms with van der Waals surface area (Å²) in [7, 11) is 3.35. The Morgan fingerprint density at radius 2 is 1.75 bits per heavy atom. The van der Waals surface area contributed by atoms with E-state index in [-0.39, 0.29) is 95.0 Å². The zero-order chi connectivity index (χ0) is 41.4. The second-order valence-electron chi connectivity index (χ2n) is 16.5. The molecule has 1 aliphatic carbocycles. The number of phenols is 1. The Bertz CT molecular complexity index is 2550. The summed E-state index contributed by atoms with van der Waals surface area (Å²) in [5.74, 6) is -2.11. The number of aromatic hydroxyl groups is 1. The molecule has 3 saturated heterocycles. The molecule has 16 heteroatoms. The molecular weight excluding hydrogens is 777 g/mol. The molecule has 0 unspecified atom stereocenters. The zero-order valence-corrected chi connectivity index (χ0v) is 32.7. The van der Waals surface area contributed by atoms with Gasteiger partial charge in [0.05, 0.1) is 16.4 Å². The van der Waals surface area contributed by atoms with Crippen molar-refractivity contribution in [1.82, 2.24) is 29.5 Å². The molecule has 2 aromatic heterocycles. The van der Waals surface area contributed by atoms with Gasteiger partial charge >= 0.3 is 6.01 Å². The monoisotopic (exact) mass is 819 g/mol. The van der Waals surface area contributed by atoms with Crippen LogP contribution in [-0.4, -0.2) is 112 Å². The number of benzene rings is 3. The molecule has 0 radical (unpaired) electrons. The normalized spacial score (nSPS) is 23.1. The highest BCUT2D eigenvalue weighted by Gasteiger charge is 2.72. The minimum atomic E-state index is -3.09. The van der Waals surface area contributed by atoms with Gasteiger partial charge in [0.15, 0.2) is 5.82 Å². The van der Waals surface area contributed by atoms with Gasteiger partial charge in [-0.3, -0.25) is 9.58 Å². The summed E-state index contributed by atoms with van der Waals surface area (Å²) in [6.07, 6.45) is 8.07. The summed E-state index contributed by atoms with van der Waals surface area (Å²) in [5.41, 5.74) is -1.68. The Morgan fingerprint density at radius 1 is 1.02 bits per heavy atom. The van der Waals surface area contributed by atoms with Crippen molar-refractivity contribution in [3.05, 3.63) is 59.3 Å². The maximum absolute atomic E-state index is 17.8. The number of rotatable bonds is 11. The molecule has 310 valence electrons. The maximum atomic E-state index is 17.8. The number of likely N-dealkylation sites (tertiary alicyclic amines) is 2. The molecule has 3 aliphatic heterocycles. The van der Waals surface area contributed by atoms with E-state index >= 15 is 17.6 Å². The van der Waals surface area contributed by atoms with E-state index in [2.05, 4.69) is 25.8 Å². The molecule has 3 aromatic carbocycles. The van der Waals surface area contributed by atoms with Crippen LogP contribution in [0.5, 0.6) is 11.8 Å². The number of alkyl halides is 2. The average Bonchev–Trinajstić information content (AvgIpc) is 3.38. The van der Waals surface area contributed by atoms with Crippen LogP contribution in [0.2, 0.25) is 0 Å². The van der Waals surface area contributed by atoms with Gasteiger partial charge in [-0.15, -0.1) is 6.42 Å². The smallest absolute Gasteiger partial charge is 0.319 e. The number of halogens is 6. The highest BCUT2D eigenvalue weighted by Crippen LogP contribution is 2.61. The Morgan fingerprint density at radius 3 is 2.41 bits per heavy atom. The predicted octanol–water partition coefficient (Wildman–Crippen LogP) is 7.64. The molecule has 0 spiro atoms. The van der Waals surface area contributed by atoms with Gasteiger partial charge in [-0.2, -0.15) is 23.8 Å². The topological polar surface area (TPSA) is 92.0 Å². The van der Waals surface area contributed by atoms with Crippen LogP contribution in [0, 0.1) is 29.4 Å². The van der Waals surface area contributed by atoms with E-state index in [4.69, 9.17) is 20.9 Å². The van der Waals surface area contributed by atoms with Crippen LogP contribution in [0.3, 0.4) is 0 Å². The summed E-state index contributed by atoms with van der Waals surface area (Å²) in [5, 5.41) is 17.0. The largest absolute Gasteiger partial charge is 0.508 e. The van der Waals surface area contributed by atoms with Crippen LogP contribution < -0.4 is 9.64 Å². The molecule has 5 aromatic rings. The number of hydrogen-bond donors (Lipinski definition) is 1. The van der Waals surface area contributed by atoms with E-state index in [1.54, 1.807) is 25.3 Å². The maximum Gasteiger partial charge on any atom is 0.319 e. The molecule has 10 nitrogen and oxygen atoms in total. The molecule has 4 aliphatic rings. The lowest BCUT2D eigenvalue weighted by Crippen LogP contribution is -2.54. The zero-order valence-electron chi connectivity index (χ0n) is 32.7. The molecule has 9 rings (SSSR count). The number of anilines is 1. The van der Waals surface area contributed by atoms with Gasteiger partial charge in [0.2, 0.25) is 0 Å². The van der Waals surface area contributed by atoms with Gasteiger partial charge < -0.3 is 24.4 Å². The van der Waals surface area contributed by atoms with Crippen LogP contribution in [0.1, 0.15) is 44.1 Å². The standard InChI is InChI=1S/C43H43F6N7O3/c1-4-29-32(44)9-6-25-16-28(57)17-30(33(25)29)34-36(45)38-35(31-20-53(2)52-37(31)34)40(56-26-7-8-27(56)19-55(18-26)12-5-15-58-3)51-41(50-38)59-23-42(21-43(42,48)49)22-54-13-10-24(11-14-54)39(46)47/h1,6,9,16-17,20,26-27,57H,5,7-8,10-15,18-19,21-23H2,2-3H3/t26-,27+,42-/m1/s1. The van der Waals surface area contributed by atoms with Crippen LogP contribution in [-0.2, 0) is 11.8 Å². The van der Waals surface area contributed by atoms with Crippen LogP contribution in [0.15, 0.2) is 42.1 Å². The average molecular weight is 820 g/mol. The van der Waals surface area contributed by atoms with Gasteiger partial charge in [0.1, 0.15) is 35.0 Å². The minimum absolute atomic E-state index is 0.0146. The third-order valence-electron chi connectivity index (χ3n) is 12.7. The molecular formula is C43H43F6N7O3. The number of hydrogen-bond acceptors (Lipinski definition) is 9. The van der Waals surface area contributed by atoms with Crippen molar-refractivity contribution < 1.29 is 40.9 Å². The van der Waals surface area contributed by atoms with E-state index in [0.717, 1.165) is 25.8 Å². The van der Waals surface area contributed by atoms with E-state index < -0.39 is 42.1 Å². The first kappa shape index (κ1) is 39.4. The lowest BCUT2D eigenvalue weighted by Gasteiger charge is -2.42. The number of methoxy groups -OCH3 is 1. The molecule has 0 amide bonds. The van der Waals surface area contributed by atoms with Crippen LogP contribution >= 0.6 is 0 Å². The number of aryl methyl sites for hydroxylation is 1. The predicted molar refractivity (Wildman–Crippen MR) is 211 cm³/mol. The quantitative estimate of drug-likeness (QED) is 0.0821. The lowest BCUT2D eigenvalue weighted by molar-refractivity contribution is 0.0205. The van der Waals surface area contributed by atoms with Crippen molar-refractivity contribution >= 4 is 38.4 Å². The number of fused-ring (bicyclic) bond motifs is 6. The molecule has 1 N–H and O–H groups in total. The number of phenolic OH excluding ortho intramolecular Hbond substituents is 1. The van der Waals surface area contributed by atoms with Gasteiger partial charge in [0.25, 0.3) is 12.0 Å². The van der Waals surface area contributed by atoms with Crippen molar-refractivity contribution in [1.29, 1.82) is 0 Å². The third-order valence-corrected chi connectivity index (χ3v) is 12.7. The highest BCUT2D eigenvalue weighted by atomic mass is 19.3. The van der Waals surface area contributed by atoms with E-state index in [0.29, 0.717) is 41.7 Å². The second kappa shape index (κ2) is 14.9. The molecule has 59 heavy (non-hydrogen) atoms. The van der Waals surface area contributed by atoms with Crippen molar-refractivity contribution in [3.8, 4) is 35.2 Å². The fourth-order valence-corrected chi connectivity index (χ4v) is 9.68. The first-order valence-electron chi connectivity index (χ1n) is 19.9. The summed E-state index contributed by atoms with van der Waals surface area (Å²) in [4.78, 5) is 15.8. The summed E-state index contributed by atoms with van der Waals surface area (Å²) >= 11 is 0. The number of piperazine rings is 1. The van der Waals surface area contributed by atoms with E-state index in [1.807, 2.05) is 0 Å². The molecule has 2 bridgehead atoms. The van der Waals surface area contributed by atoms with Crippen molar-refractivity contribution in [2.45, 2.75) is 56.5 Å². The molecule has 4 fully saturated rings. The Hall–Kier alpha value is -5.11. The van der Waals surface area contributed by atoms with Gasteiger partial charge in [-0.25, -0.2) is 17.6 Å². The number of ether oxygens (including phenoxy) is 2. The van der Waals surface area contributed by atoms with E-state index in [9.17, 15) is 13.9 Å². The number of piperidine rings is 1. The Balaban J connectivity index is 1.19. The Labute approximate surface area is 336 Å². The van der Waals surface area contributed by atoms with Gasteiger partial charge in [0, 0.05) is 101 Å². The van der Waals surface area contributed by atoms with Crippen LogP contribution in [0.4, 0.5) is 32.2 Å². The fourth-order valence-electron chi connectivity index (χ4n) is 9.68. The third kappa shape index (κ3) is 6.80. The second-order valence-corrected chi connectivity index (χ2v) is 16.5.